The number of thioether (sulfide) groups is 1. The number of nitrogens with zero attached hydrogens (tertiary/aromatic N) is 3. The number of carbonyl (C=O) groups is 4. The van der Waals surface area contributed by atoms with Crippen molar-refractivity contribution in [1.29, 1.82) is 0 Å². The molecule has 1 aromatic heterocycles. The highest BCUT2D eigenvalue weighted by molar-refractivity contribution is 8.00. The second-order valence-electron chi connectivity index (χ2n) is 7.12. The molecule has 13 nitrogen and oxygen atoms in total. The summed E-state index contributed by atoms with van der Waals surface area (Å²) in [5.74, 6) is -3.17. The van der Waals surface area contributed by atoms with Gasteiger partial charge >= 0.3 is 11.9 Å². The first kappa shape index (κ1) is 23.3. The highest BCUT2D eigenvalue weighted by atomic mass is 32.2. The summed E-state index contributed by atoms with van der Waals surface area (Å²) in [5, 5.41) is 25.3. The van der Waals surface area contributed by atoms with E-state index in [0.717, 1.165) is 16.2 Å². The number of cyclic esters (lactones) is 1. The van der Waals surface area contributed by atoms with E-state index in [1.807, 2.05) is 0 Å². The van der Waals surface area contributed by atoms with Crippen LogP contribution in [0, 0.1) is 0 Å². The second-order valence-corrected chi connectivity index (χ2v) is 9.11. The number of anilines is 1. The summed E-state index contributed by atoms with van der Waals surface area (Å²) in [6, 6.07) is -1.06. The van der Waals surface area contributed by atoms with Crippen molar-refractivity contribution < 1.29 is 39.0 Å². The van der Waals surface area contributed by atoms with E-state index < -0.39 is 40.9 Å². The standard InChI is InChI=1S/C19H17N5O8S2/c1-6-13(31-2)9(32-18(6)29)3-7-4-33-16-11(15(26)24(16)12(7)17(27)28)22-14(25)10(23-30)8-5-34-19(20)21-8/h3,5,11,16,30H,4H2,1-2H3,(H2,20,21)(H,22,25)(H,27,28)/b9-3-,23-10-/t11-,16+/m1/s1. The van der Waals surface area contributed by atoms with Gasteiger partial charge in [-0.15, -0.1) is 23.1 Å². The van der Waals surface area contributed by atoms with Crippen molar-refractivity contribution in [2.75, 3.05) is 18.6 Å². The van der Waals surface area contributed by atoms with E-state index >= 15 is 0 Å². The molecular weight excluding hydrogens is 490 g/mol. The maximum absolute atomic E-state index is 12.8. The molecule has 3 aliphatic rings. The number of ether oxygens (including phenoxy) is 2. The van der Waals surface area contributed by atoms with Crippen molar-refractivity contribution >= 4 is 57.7 Å². The Morgan fingerprint density at radius 1 is 1.44 bits per heavy atom. The fraction of sp³-hybridized carbons (Fsp3) is 0.263. The smallest absolute Gasteiger partial charge is 0.352 e. The molecule has 0 unspecified atom stereocenters. The summed E-state index contributed by atoms with van der Waals surface area (Å²) in [4.78, 5) is 54.2. The van der Waals surface area contributed by atoms with Gasteiger partial charge in [-0.3, -0.25) is 14.5 Å². The quantitative estimate of drug-likeness (QED) is 0.133. The number of aromatic nitrogens is 1. The average molecular weight is 508 g/mol. The summed E-state index contributed by atoms with van der Waals surface area (Å²) in [6.45, 7) is 1.51. The summed E-state index contributed by atoms with van der Waals surface area (Å²) in [6.07, 6.45) is 1.35. The Kier molecular flexibility index (Phi) is 6.05. The molecule has 5 N–H and O–H groups in total. The zero-order valence-corrected chi connectivity index (χ0v) is 19.2. The predicted molar refractivity (Wildman–Crippen MR) is 118 cm³/mol. The first-order chi connectivity index (χ1) is 16.2. The fourth-order valence-corrected chi connectivity index (χ4v) is 5.43. The Morgan fingerprint density at radius 3 is 2.76 bits per heavy atom. The number of rotatable bonds is 6. The molecule has 4 rings (SSSR count). The number of nitrogens with one attached hydrogen (secondary N) is 1. The van der Waals surface area contributed by atoms with Gasteiger partial charge in [-0.25, -0.2) is 14.6 Å². The van der Waals surface area contributed by atoms with Crippen molar-refractivity contribution in [3.8, 4) is 0 Å². The number of carboxylic acids is 1. The fourth-order valence-electron chi connectivity index (χ4n) is 3.58. The van der Waals surface area contributed by atoms with Gasteiger partial charge in [0.2, 0.25) is 0 Å². The van der Waals surface area contributed by atoms with E-state index in [4.69, 9.17) is 15.2 Å². The maximum Gasteiger partial charge on any atom is 0.352 e. The number of nitrogen functional groups attached to an aromatic ring is 1. The van der Waals surface area contributed by atoms with E-state index in [1.54, 1.807) is 0 Å². The van der Waals surface area contributed by atoms with Crippen LogP contribution < -0.4 is 11.1 Å². The third kappa shape index (κ3) is 3.77. The third-order valence-electron chi connectivity index (χ3n) is 5.15. The van der Waals surface area contributed by atoms with Crippen molar-refractivity contribution in [3.05, 3.63) is 45.5 Å². The molecule has 3 aliphatic heterocycles. The zero-order chi connectivity index (χ0) is 24.7. The zero-order valence-electron chi connectivity index (χ0n) is 17.6. The number of esters is 1. The molecule has 2 atom stereocenters. The largest absolute Gasteiger partial charge is 0.492 e. The minimum Gasteiger partial charge on any atom is -0.492 e. The van der Waals surface area contributed by atoms with Crippen LogP contribution >= 0.6 is 23.1 Å². The SMILES string of the molecule is COC1=C(C)C(=O)O/C1=C\C1=C(C(=O)O)N2C(=O)[C@@H](NC(=O)/C(=N\O)c3csc(N)n3)[C@@H]2SC1. The molecule has 0 spiro atoms. The Labute approximate surface area is 199 Å². The van der Waals surface area contributed by atoms with Gasteiger partial charge in [-0.1, -0.05) is 5.16 Å². The van der Waals surface area contributed by atoms with Crippen LogP contribution in [0.15, 0.2) is 45.0 Å². The first-order valence-electron chi connectivity index (χ1n) is 9.52. The van der Waals surface area contributed by atoms with Gasteiger partial charge in [-0.2, -0.15) is 0 Å². The lowest BCUT2D eigenvalue weighted by Crippen LogP contribution is -2.71. The number of hydrogen-bond acceptors (Lipinski definition) is 12. The third-order valence-corrected chi connectivity index (χ3v) is 7.13. The van der Waals surface area contributed by atoms with Crippen LogP contribution in [0.5, 0.6) is 0 Å². The Morgan fingerprint density at radius 2 is 2.18 bits per heavy atom. The number of fused-ring (bicyclic) bond motifs is 1. The van der Waals surface area contributed by atoms with Gasteiger partial charge in [0.25, 0.3) is 11.8 Å². The molecule has 0 aromatic carbocycles. The number of methoxy groups -OCH3 is 1. The number of hydrogen-bond donors (Lipinski definition) is 4. The van der Waals surface area contributed by atoms with E-state index in [-0.39, 0.29) is 44.9 Å². The molecule has 34 heavy (non-hydrogen) atoms. The van der Waals surface area contributed by atoms with E-state index in [1.165, 1.54) is 37.3 Å². The summed E-state index contributed by atoms with van der Waals surface area (Å²) >= 11 is 2.24. The number of thiazole rings is 1. The predicted octanol–water partition coefficient (Wildman–Crippen LogP) is 0.00330. The molecule has 15 heteroatoms. The summed E-state index contributed by atoms with van der Waals surface area (Å²) in [5.41, 5.74) is 5.30. The van der Waals surface area contributed by atoms with Crippen LogP contribution in [0.25, 0.3) is 0 Å². The molecular formula is C19H17N5O8S2. The van der Waals surface area contributed by atoms with Gasteiger partial charge in [0.15, 0.2) is 22.4 Å². The van der Waals surface area contributed by atoms with E-state index in [2.05, 4.69) is 15.5 Å². The Balaban J connectivity index is 1.58. The van der Waals surface area contributed by atoms with Crippen molar-refractivity contribution in [2.45, 2.75) is 18.3 Å². The summed E-state index contributed by atoms with van der Waals surface area (Å²) < 4.78 is 10.3. The number of carboxylic acid groups (broad SMARTS) is 1. The van der Waals surface area contributed by atoms with E-state index in [9.17, 15) is 29.5 Å². The van der Waals surface area contributed by atoms with E-state index in [0.29, 0.717) is 0 Å². The second kappa shape index (κ2) is 8.83. The number of amides is 2. The molecule has 178 valence electrons. The average Bonchev–Trinajstić information content (AvgIpc) is 3.34. The number of oxime groups is 1. The monoisotopic (exact) mass is 507 g/mol. The van der Waals surface area contributed by atoms with Gasteiger partial charge in [0.1, 0.15) is 22.8 Å². The summed E-state index contributed by atoms with van der Waals surface area (Å²) in [7, 11) is 1.35. The molecule has 0 bridgehead atoms. The normalized spacial score (nSPS) is 23.6. The molecule has 1 fully saturated rings. The lowest BCUT2D eigenvalue weighted by atomic mass is 10.0. The molecule has 0 radical (unpaired) electrons. The van der Waals surface area contributed by atoms with Crippen molar-refractivity contribution in [2.24, 2.45) is 5.16 Å². The first-order valence-corrected chi connectivity index (χ1v) is 11.4. The van der Waals surface area contributed by atoms with Crippen LogP contribution in [0.4, 0.5) is 5.13 Å². The van der Waals surface area contributed by atoms with Crippen LogP contribution in [0.2, 0.25) is 0 Å². The van der Waals surface area contributed by atoms with Gasteiger partial charge in [0.05, 0.1) is 12.7 Å². The minimum atomic E-state index is -1.37. The van der Waals surface area contributed by atoms with Crippen molar-refractivity contribution in [1.82, 2.24) is 15.2 Å². The highest BCUT2D eigenvalue weighted by Gasteiger charge is 2.54. The van der Waals surface area contributed by atoms with Gasteiger partial charge < -0.3 is 30.8 Å². The Hall–Kier alpha value is -3.85. The number of nitrogens with two attached hydrogens (primary N) is 1. The number of carbonyl (C=O) groups excluding carboxylic acids is 3. The molecule has 0 saturated carbocycles. The van der Waals surface area contributed by atoms with Crippen LogP contribution in [-0.4, -0.2) is 73.9 Å². The molecule has 0 aliphatic carbocycles. The Bertz CT molecular complexity index is 1250. The number of allylic oxidation sites excluding steroid dienone is 1. The number of aliphatic carboxylic acids is 1. The topological polar surface area (TPSA) is 194 Å². The molecule has 1 aromatic rings. The number of β-lactam (4-membered cyclic amide) rings is 1. The minimum absolute atomic E-state index is 0.0332. The molecule has 2 amide bonds. The van der Waals surface area contributed by atoms with Crippen LogP contribution in [0.3, 0.4) is 0 Å². The lowest BCUT2D eigenvalue weighted by Gasteiger charge is -2.49. The lowest BCUT2D eigenvalue weighted by molar-refractivity contribution is -0.150. The molecule has 4 heterocycles. The van der Waals surface area contributed by atoms with Crippen molar-refractivity contribution in [3.63, 3.8) is 0 Å². The van der Waals surface area contributed by atoms with Gasteiger partial charge in [0, 0.05) is 11.1 Å². The van der Waals surface area contributed by atoms with Crippen LogP contribution in [-0.2, 0) is 28.7 Å². The maximum atomic E-state index is 12.8. The van der Waals surface area contributed by atoms with Gasteiger partial charge in [-0.05, 0) is 18.6 Å². The van der Waals surface area contributed by atoms with Crippen LogP contribution in [0.1, 0.15) is 12.6 Å². The molecule has 1 saturated heterocycles. The highest BCUT2D eigenvalue weighted by Crippen LogP contribution is 2.41.